The number of carboxylic acids is 1. The molecular weight excluding hydrogens is 381 g/mol. The molecule has 2 fully saturated rings. The van der Waals surface area contributed by atoms with Gasteiger partial charge in [-0.15, -0.1) is 11.8 Å². The molecule has 0 amide bonds. The first-order chi connectivity index (χ1) is 13.5. The van der Waals surface area contributed by atoms with Gasteiger partial charge in [0.05, 0.1) is 16.2 Å². The number of aromatic carboxylic acids is 1. The Bertz CT molecular complexity index is 1030. The first kappa shape index (κ1) is 18.0. The monoisotopic (exact) mass is 403 g/mol. The molecule has 1 saturated heterocycles. The van der Waals surface area contributed by atoms with Crippen LogP contribution in [0.15, 0.2) is 22.0 Å². The van der Waals surface area contributed by atoms with Crippen molar-refractivity contribution in [3.8, 4) is 0 Å². The number of nitrogens with zero attached hydrogens (tertiary/aromatic N) is 2. The van der Waals surface area contributed by atoms with Crippen molar-refractivity contribution in [3.05, 3.63) is 33.7 Å². The van der Waals surface area contributed by atoms with E-state index < -0.39 is 17.2 Å². The second-order valence-corrected chi connectivity index (χ2v) is 9.00. The number of carboxylic acid groups (broad SMARTS) is 1. The number of aromatic nitrogens is 1. The number of hydrogen-bond donors (Lipinski definition) is 2. The summed E-state index contributed by atoms with van der Waals surface area (Å²) >= 11 is 1.38. The second-order valence-electron chi connectivity index (χ2n) is 7.92. The van der Waals surface area contributed by atoms with Crippen LogP contribution in [0.5, 0.6) is 0 Å². The minimum absolute atomic E-state index is 0.149. The van der Waals surface area contributed by atoms with E-state index >= 15 is 0 Å². The summed E-state index contributed by atoms with van der Waals surface area (Å²) in [5.74, 6) is -0.499. The van der Waals surface area contributed by atoms with Gasteiger partial charge in [0, 0.05) is 36.8 Å². The summed E-state index contributed by atoms with van der Waals surface area (Å²) in [6, 6.07) is 3.64. The van der Waals surface area contributed by atoms with E-state index in [0.29, 0.717) is 40.5 Å². The molecule has 1 unspecified atom stereocenters. The maximum atomic E-state index is 14.9. The normalized spacial score (nSPS) is 21.5. The van der Waals surface area contributed by atoms with Crippen molar-refractivity contribution in [1.29, 1.82) is 0 Å². The molecule has 2 aliphatic heterocycles. The third-order valence-electron chi connectivity index (χ3n) is 5.95. The Morgan fingerprint density at radius 1 is 1.29 bits per heavy atom. The van der Waals surface area contributed by atoms with Crippen molar-refractivity contribution < 1.29 is 14.3 Å². The zero-order chi connectivity index (χ0) is 19.4. The van der Waals surface area contributed by atoms with Crippen LogP contribution in [0.2, 0.25) is 0 Å². The third-order valence-corrected chi connectivity index (χ3v) is 7.04. The lowest BCUT2D eigenvalue weighted by Gasteiger charge is -2.21. The van der Waals surface area contributed by atoms with Crippen LogP contribution in [0.1, 0.15) is 29.6 Å². The molecule has 148 valence electrons. The average molecular weight is 403 g/mol. The Labute approximate surface area is 165 Å². The molecule has 3 heterocycles. The molecule has 8 heteroatoms. The van der Waals surface area contributed by atoms with E-state index in [2.05, 4.69) is 10.2 Å². The molecule has 2 aromatic rings. The van der Waals surface area contributed by atoms with Crippen molar-refractivity contribution in [2.45, 2.75) is 36.9 Å². The molecule has 1 aromatic heterocycles. The van der Waals surface area contributed by atoms with Crippen molar-refractivity contribution >= 4 is 34.3 Å². The molecule has 5 rings (SSSR count). The second kappa shape index (κ2) is 6.77. The van der Waals surface area contributed by atoms with Crippen molar-refractivity contribution in [3.63, 3.8) is 0 Å². The number of anilines is 1. The number of rotatable bonds is 5. The first-order valence-electron chi connectivity index (χ1n) is 9.77. The molecule has 1 aromatic carbocycles. The third kappa shape index (κ3) is 2.99. The largest absolute Gasteiger partial charge is 0.477 e. The minimum atomic E-state index is -1.25. The van der Waals surface area contributed by atoms with Gasteiger partial charge in [-0.2, -0.15) is 0 Å². The summed E-state index contributed by atoms with van der Waals surface area (Å²) in [6.45, 7) is 3.17. The Morgan fingerprint density at radius 2 is 2.11 bits per heavy atom. The highest BCUT2D eigenvalue weighted by atomic mass is 32.2. The van der Waals surface area contributed by atoms with Crippen LogP contribution < -0.4 is 15.6 Å². The summed E-state index contributed by atoms with van der Waals surface area (Å²) in [7, 11) is 0. The van der Waals surface area contributed by atoms with Crippen LogP contribution >= 0.6 is 11.8 Å². The molecule has 0 spiro atoms. The smallest absolute Gasteiger partial charge is 0.342 e. The Hall–Kier alpha value is -2.06. The number of nitrogens with one attached hydrogen (secondary N) is 1. The number of pyridine rings is 1. The van der Waals surface area contributed by atoms with Gasteiger partial charge in [-0.25, -0.2) is 9.18 Å². The molecule has 1 saturated carbocycles. The number of hydrogen-bond acceptors (Lipinski definition) is 5. The molecule has 28 heavy (non-hydrogen) atoms. The predicted octanol–water partition coefficient (Wildman–Crippen LogP) is 2.52. The van der Waals surface area contributed by atoms with Gasteiger partial charge < -0.3 is 19.9 Å². The number of benzene rings is 1. The highest BCUT2D eigenvalue weighted by Gasteiger charge is 2.30. The van der Waals surface area contributed by atoms with Crippen molar-refractivity contribution in [2.75, 3.05) is 30.3 Å². The zero-order valence-corrected chi connectivity index (χ0v) is 16.2. The van der Waals surface area contributed by atoms with E-state index in [1.54, 1.807) is 6.07 Å². The fourth-order valence-electron chi connectivity index (χ4n) is 4.31. The maximum Gasteiger partial charge on any atom is 0.342 e. The van der Waals surface area contributed by atoms with Crippen LogP contribution in [-0.2, 0) is 6.54 Å². The predicted molar refractivity (Wildman–Crippen MR) is 107 cm³/mol. The highest BCUT2D eigenvalue weighted by Crippen LogP contribution is 2.35. The van der Waals surface area contributed by atoms with Gasteiger partial charge in [0.2, 0.25) is 5.43 Å². The number of aryl methyl sites for hydroxylation is 1. The van der Waals surface area contributed by atoms with Gasteiger partial charge >= 0.3 is 5.97 Å². The van der Waals surface area contributed by atoms with E-state index in [9.17, 15) is 19.1 Å². The molecule has 3 aliphatic rings. The number of halogens is 1. The summed E-state index contributed by atoms with van der Waals surface area (Å²) in [6.07, 6.45) is 3.53. The summed E-state index contributed by atoms with van der Waals surface area (Å²) in [5.41, 5.74) is 0.303. The van der Waals surface area contributed by atoms with Gasteiger partial charge in [0.15, 0.2) is 0 Å². The standard InChI is InChI=1S/C20H22FN3O3S/c21-14-7-13-15(24-5-6-28-19(24)17(18(13)25)20(26)27)8-16(14)23-4-3-11(10-23)9-22-12-1-2-12/h7-8,11-12,22H,1-6,9-10H2,(H,26,27). The van der Waals surface area contributed by atoms with Crippen LogP contribution in [0.25, 0.3) is 10.9 Å². The summed E-state index contributed by atoms with van der Waals surface area (Å²) in [4.78, 5) is 26.4. The molecule has 1 aliphatic carbocycles. The molecule has 2 N–H and O–H groups in total. The number of fused-ring (bicyclic) bond motifs is 3. The van der Waals surface area contributed by atoms with E-state index in [-0.39, 0.29) is 10.9 Å². The Morgan fingerprint density at radius 3 is 2.86 bits per heavy atom. The lowest BCUT2D eigenvalue weighted by atomic mass is 10.1. The van der Waals surface area contributed by atoms with Crippen LogP contribution in [-0.4, -0.2) is 47.1 Å². The van der Waals surface area contributed by atoms with Gasteiger partial charge in [-0.1, -0.05) is 0 Å². The van der Waals surface area contributed by atoms with E-state index in [0.717, 1.165) is 26.1 Å². The highest BCUT2D eigenvalue weighted by molar-refractivity contribution is 7.99. The zero-order valence-electron chi connectivity index (χ0n) is 15.4. The van der Waals surface area contributed by atoms with Gasteiger partial charge in [0.1, 0.15) is 11.4 Å². The van der Waals surface area contributed by atoms with Crippen LogP contribution in [0, 0.1) is 11.7 Å². The molecular formula is C20H22FN3O3S. The quantitative estimate of drug-likeness (QED) is 0.799. The molecule has 0 bridgehead atoms. The van der Waals surface area contributed by atoms with Crippen LogP contribution in [0.4, 0.5) is 10.1 Å². The first-order valence-corrected chi connectivity index (χ1v) is 10.8. The van der Waals surface area contributed by atoms with E-state index in [1.807, 2.05) is 4.57 Å². The van der Waals surface area contributed by atoms with Crippen LogP contribution in [0.3, 0.4) is 0 Å². The SMILES string of the molecule is O=C(O)c1c2n(c3cc(N4CCC(CNC5CC5)C4)c(F)cc3c1=O)CCS2. The summed E-state index contributed by atoms with van der Waals surface area (Å²) < 4.78 is 16.8. The Balaban J connectivity index is 1.53. The lowest BCUT2D eigenvalue weighted by Crippen LogP contribution is -2.28. The molecule has 0 radical (unpaired) electrons. The maximum absolute atomic E-state index is 14.9. The fourth-order valence-corrected chi connectivity index (χ4v) is 5.44. The fraction of sp³-hybridized carbons (Fsp3) is 0.500. The Kier molecular flexibility index (Phi) is 4.35. The van der Waals surface area contributed by atoms with E-state index in [1.165, 1.54) is 30.7 Å². The van der Waals surface area contributed by atoms with Gasteiger partial charge in [0.25, 0.3) is 0 Å². The minimum Gasteiger partial charge on any atom is -0.477 e. The van der Waals surface area contributed by atoms with E-state index in [4.69, 9.17) is 0 Å². The summed E-state index contributed by atoms with van der Waals surface area (Å²) in [5, 5.41) is 13.7. The van der Waals surface area contributed by atoms with Crippen molar-refractivity contribution in [1.82, 2.24) is 9.88 Å². The molecule has 6 nitrogen and oxygen atoms in total. The average Bonchev–Trinajstić information content (AvgIpc) is 3.16. The molecule has 1 atom stereocenters. The number of carbonyl (C=O) groups is 1. The lowest BCUT2D eigenvalue weighted by molar-refractivity contribution is 0.0690. The number of thioether (sulfide) groups is 1. The topological polar surface area (TPSA) is 74.6 Å². The van der Waals surface area contributed by atoms with Gasteiger partial charge in [-0.05, 0) is 43.9 Å². The van der Waals surface area contributed by atoms with Gasteiger partial charge in [-0.3, -0.25) is 4.79 Å². The van der Waals surface area contributed by atoms with Crippen molar-refractivity contribution in [2.24, 2.45) is 5.92 Å².